The Bertz CT molecular complexity index is 303. The topological polar surface area (TPSA) is 23.6 Å². The first-order valence-corrected chi connectivity index (χ1v) is 7.86. The third kappa shape index (κ3) is 2.56. The molecule has 0 N–H and O–H groups in total. The lowest BCUT2D eigenvalue weighted by molar-refractivity contribution is -0.134. The summed E-state index contributed by atoms with van der Waals surface area (Å²) in [5, 5.41) is 0. The van der Waals surface area contributed by atoms with Crippen molar-refractivity contribution in [1.29, 1.82) is 0 Å². The summed E-state index contributed by atoms with van der Waals surface area (Å²) >= 11 is 0. The second-order valence-electron chi connectivity index (χ2n) is 6.30. The van der Waals surface area contributed by atoms with Crippen molar-refractivity contribution in [1.82, 2.24) is 9.80 Å². The number of carbonyl (C=O) groups is 1. The number of likely N-dealkylation sites (tertiary alicyclic amines) is 1. The Morgan fingerprint density at radius 1 is 0.944 bits per heavy atom. The molecule has 3 aliphatic rings. The van der Waals surface area contributed by atoms with Gasteiger partial charge in [-0.25, -0.2) is 0 Å². The van der Waals surface area contributed by atoms with Crippen LogP contribution in [0.5, 0.6) is 0 Å². The molecule has 0 aromatic rings. The lowest BCUT2D eigenvalue weighted by Gasteiger charge is -2.46. The molecule has 2 atom stereocenters. The zero-order valence-electron chi connectivity index (χ0n) is 11.4. The fourth-order valence-electron chi connectivity index (χ4n) is 4.13. The van der Waals surface area contributed by atoms with Crippen molar-refractivity contribution in [2.24, 2.45) is 5.92 Å². The van der Waals surface area contributed by atoms with Crippen molar-refractivity contribution in [2.75, 3.05) is 26.2 Å². The summed E-state index contributed by atoms with van der Waals surface area (Å²) in [4.78, 5) is 16.8. The Balaban J connectivity index is 1.61. The fourth-order valence-corrected chi connectivity index (χ4v) is 4.13. The van der Waals surface area contributed by atoms with Crippen LogP contribution in [0.2, 0.25) is 0 Å². The Kier molecular flexibility index (Phi) is 3.88. The van der Waals surface area contributed by atoms with Gasteiger partial charge in [0, 0.05) is 25.6 Å². The first-order chi connectivity index (χ1) is 8.84. The second-order valence-corrected chi connectivity index (χ2v) is 6.30. The molecular formula is C15H26N2O. The van der Waals surface area contributed by atoms with E-state index in [9.17, 15) is 4.79 Å². The summed E-state index contributed by atoms with van der Waals surface area (Å²) in [5.41, 5.74) is 0. The first kappa shape index (κ1) is 12.5. The predicted molar refractivity (Wildman–Crippen MR) is 72.4 cm³/mol. The van der Waals surface area contributed by atoms with Crippen LogP contribution < -0.4 is 0 Å². The normalized spacial score (nSPS) is 34.4. The largest absolute Gasteiger partial charge is 0.342 e. The van der Waals surface area contributed by atoms with Crippen LogP contribution in [0, 0.1) is 5.92 Å². The second kappa shape index (κ2) is 5.60. The van der Waals surface area contributed by atoms with Gasteiger partial charge in [-0.15, -0.1) is 0 Å². The third-order valence-corrected chi connectivity index (χ3v) is 5.10. The van der Waals surface area contributed by atoms with Crippen LogP contribution in [-0.2, 0) is 4.79 Å². The van der Waals surface area contributed by atoms with Crippen LogP contribution in [-0.4, -0.2) is 47.9 Å². The first-order valence-electron chi connectivity index (χ1n) is 7.86. The van der Waals surface area contributed by atoms with Gasteiger partial charge >= 0.3 is 0 Å². The summed E-state index contributed by atoms with van der Waals surface area (Å²) in [5.74, 6) is 1.16. The van der Waals surface area contributed by atoms with Gasteiger partial charge in [0.25, 0.3) is 0 Å². The molecule has 3 fully saturated rings. The average Bonchev–Trinajstić information content (AvgIpc) is 2.42. The summed E-state index contributed by atoms with van der Waals surface area (Å²) in [6.07, 6.45) is 9.93. The minimum Gasteiger partial charge on any atom is -0.342 e. The molecule has 102 valence electrons. The SMILES string of the molecule is O=C1CCCCN1C[C@H]1CCCN2CCCC[C@@H]12. The third-order valence-electron chi connectivity index (χ3n) is 5.10. The van der Waals surface area contributed by atoms with E-state index in [2.05, 4.69) is 9.80 Å². The number of fused-ring (bicyclic) bond motifs is 1. The molecule has 0 unspecified atom stereocenters. The van der Waals surface area contributed by atoms with Crippen LogP contribution in [0.1, 0.15) is 51.4 Å². The zero-order valence-corrected chi connectivity index (χ0v) is 11.4. The van der Waals surface area contributed by atoms with Crippen LogP contribution in [0.25, 0.3) is 0 Å². The molecular weight excluding hydrogens is 224 g/mol. The smallest absolute Gasteiger partial charge is 0.222 e. The lowest BCUT2D eigenvalue weighted by Crippen LogP contribution is -2.52. The maximum Gasteiger partial charge on any atom is 0.222 e. The van der Waals surface area contributed by atoms with E-state index in [0.717, 1.165) is 37.9 Å². The number of nitrogens with zero attached hydrogens (tertiary/aromatic N) is 2. The number of amides is 1. The molecule has 3 nitrogen and oxygen atoms in total. The summed E-state index contributed by atoms with van der Waals surface area (Å²) in [6, 6.07) is 0.780. The molecule has 0 bridgehead atoms. The van der Waals surface area contributed by atoms with Gasteiger partial charge < -0.3 is 9.80 Å². The van der Waals surface area contributed by atoms with E-state index in [1.54, 1.807) is 0 Å². The highest BCUT2D eigenvalue weighted by molar-refractivity contribution is 5.76. The molecule has 3 heterocycles. The zero-order chi connectivity index (χ0) is 12.4. The Labute approximate surface area is 111 Å². The van der Waals surface area contributed by atoms with Gasteiger partial charge in [-0.1, -0.05) is 6.42 Å². The van der Waals surface area contributed by atoms with E-state index < -0.39 is 0 Å². The van der Waals surface area contributed by atoms with Gasteiger partial charge in [-0.3, -0.25) is 4.79 Å². The highest BCUT2D eigenvalue weighted by Gasteiger charge is 2.34. The van der Waals surface area contributed by atoms with E-state index in [1.807, 2.05) is 0 Å². The maximum absolute atomic E-state index is 11.9. The molecule has 3 heteroatoms. The summed E-state index contributed by atoms with van der Waals surface area (Å²) < 4.78 is 0. The van der Waals surface area contributed by atoms with Crippen LogP contribution in [0.15, 0.2) is 0 Å². The quantitative estimate of drug-likeness (QED) is 0.750. The van der Waals surface area contributed by atoms with Crippen molar-refractivity contribution >= 4 is 5.91 Å². The maximum atomic E-state index is 11.9. The monoisotopic (exact) mass is 250 g/mol. The molecule has 18 heavy (non-hydrogen) atoms. The number of carbonyl (C=O) groups excluding carboxylic acids is 1. The van der Waals surface area contributed by atoms with Gasteiger partial charge in [0.15, 0.2) is 0 Å². The Morgan fingerprint density at radius 3 is 2.67 bits per heavy atom. The van der Waals surface area contributed by atoms with Crippen molar-refractivity contribution in [3.63, 3.8) is 0 Å². The molecule has 0 aromatic carbocycles. The molecule has 3 aliphatic heterocycles. The predicted octanol–water partition coefficient (Wildman–Crippen LogP) is 2.26. The fraction of sp³-hybridized carbons (Fsp3) is 0.933. The number of rotatable bonds is 2. The lowest BCUT2D eigenvalue weighted by atomic mass is 9.83. The van der Waals surface area contributed by atoms with E-state index in [0.29, 0.717) is 5.91 Å². The van der Waals surface area contributed by atoms with Crippen molar-refractivity contribution in [3.05, 3.63) is 0 Å². The van der Waals surface area contributed by atoms with Crippen molar-refractivity contribution in [2.45, 2.75) is 57.4 Å². The van der Waals surface area contributed by atoms with Gasteiger partial charge in [0.05, 0.1) is 0 Å². The average molecular weight is 250 g/mol. The number of piperidine rings is 3. The summed E-state index contributed by atoms with van der Waals surface area (Å²) in [7, 11) is 0. The van der Waals surface area contributed by atoms with Crippen LogP contribution in [0.4, 0.5) is 0 Å². The van der Waals surface area contributed by atoms with Crippen LogP contribution >= 0.6 is 0 Å². The Morgan fingerprint density at radius 2 is 1.78 bits per heavy atom. The molecule has 1 amide bonds. The van der Waals surface area contributed by atoms with E-state index >= 15 is 0 Å². The van der Waals surface area contributed by atoms with Gasteiger partial charge in [-0.2, -0.15) is 0 Å². The molecule has 0 aromatic heterocycles. The molecule has 3 saturated heterocycles. The van der Waals surface area contributed by atoms with Gasteiger partial charge in [0.1, 0.15) is 0 Å². The molecule has 0 spiro atoms. The number of hydrogen-bond donors (Lipinski definition) is 0. The highest BCUT2D eigenvalue weighted by atomic mass is 16.2. The molecule has 0 saturated carbocycles. The summed E-state index contributed by atoms with van der Waals surface area (Å²) in [6.45, 7) is 4.66. The molecule has 0 radical (unpaired) electrons. The van der Waals surface area contributed by atoms with E-state index in [-0.39, 0.29) is 0 Å². The van der Waals surface area contributed by atoms with Gasteiger partial charge in [-0.05, 0) is 57.5 Å². The standard InChI is InChI=1S/C15H26N2O/c18-15-8-2-4-10-17(15)12-13-6-5-11-16-9-3-1-7-14(13)16/h13-14H,1-12H2/t13-,14+/m1/s1. The van der Waals surface area contributed by atoms with Gasteiger partial charge in [0.2, 0.25) is 5.91 Å². The van der Waals surface area contributed by atoms with Crippen molar-refractivity contribution < 1.29 is 4.79 Å². The van der Waals surface area contributed by atoms with E-state index in [1.165, 1.54) is 51.6 Å². The minimum atomic E-state index is 0.411. The Hall–Kier alpha value is -0.570. The van der Waals surface area contributed by atoms with Crippen molar-refractivity contribution in [3.8, 4) is 0 Å². The highest BCUT2D eigenvalue weighted by Crippen LogP contribution is 2.31. The van der Waals surface area contributed by atoms with E-state index in [4.69, 9.17) is 0 Å². The minimum absolute atomic E-state index is 0.411. The number of hydrogen-bond acceptors (Lipinski definition) is 2. The molecule has 3 rings (SSSR count). The van der Waals surface area contributed by atoms with Crippen LogP contribution in [0.3, 0.4) is 0 Å². The molecule has 0 aliphatic carbocycles.